The van der Waals surface area contributed by atoms with Gasteiger partial charge in [-0.3, -0.25) is 9.59 Å². The topological polar surface area (TPSA) is 108 Å². The first-order valence-corrected chi connectivity index (χ1v) is 5.40. The number of carbonyl (C=O) groups is 2. The third kappa shape index (κ3) is 2.49. The van der Waals surface area contributed by atoms with Crippen molar-refractivity contribution in [3.05, 3.63) is 36.0 Å². The number of H-pyrrole nitrogens is 1. The normalized spacial score (nSPS) is 12.3. The Hall–Kier alpha value is -2.34. The smallest absolute Gasteiger partial charge is 0.251 e. The van der Waals surface area contributed by atoms with Crippen molar-refractivity contribution < 1.29 is 14.7 Å². The van der Waals surface area contributed by atoms with E-state index in [1.54, 1.807) is 18.3 Å². The van der Waals surface area contributed by atoms with Gasteiger partial charge >= 0.3 is 0 Å². The predicted molar refractivity (Wildman–Crippen MR) is 65.8 cm³/mol. The molecule has 1 heterocycles. The highest BCUT2D eigenvalue weighted by Gasteiger charge is 2.13. The molecule has 5 N–H and O–H groups in total. The molecule has 0 fully saturated rings. The largest absolute Gasteiger partial charge is 0.381 e. The molecule has 1 atom stereocenters. The highest BCUT2D eigenvalue weighted by molar-refractivity contribution is 5.98. The fraction of sp³-hybridized carbons (Fsp3) is 0.167. The summed E-state index contributed by atoms with van der Waals surface area (Å²) in [6.07, 6.45) is 0.409. The lowest BCUT2D eigenvalue weighted by molar-refractivity contribution is -0.125. The Morgan fingerprint density at radius 2 is 2.17 bits per heavy atom. The molecule has 0 bridgehead atoms. The van der Waals surface area contributed by atoms with Crippen molar-refractivity contribution in [2.45, 2.75) is 6.10 Å². The highest BCUT2D eigenvalue weighted by atomic mass is 16.3. The Morgan fingerprint density at radius 3 is 2.89 bits per heavy atom. The minimum Gasteiger partial charge on any atom is -0.381 e. The standard InChI is InChI=1S/C12H13N3O3/c13-11(17)10(16)6-15-12(18)8-2-1-7-3-4-14-9(7)5-8/h1-5,10,14,16H,6H2,(H2,13,17)(H,15,18). The van der Waals surface area contributed by atoms with Gasteiger partial charge in [0.1, 0.15) is 6.10 Å². The van der Waals surface area contributed by atoms with Crippen molar-refractivity contribution >= 4 is 22.7 Å². The first-order valence-electron chi connectivity index (χ1n) is 5.40. The molecule has 0 saturated heterocycles. The van der Waals surface area contributed by atoms with Gasteiger partial charge in [-0.05, 0) is 23.6 Å². The maximum absolute atomic E-state index is 11.7. The summed E-state index contributed by atoms with van der Waals surface area (Å²) < 4.78 is 0. The second-order valence-corrected chi connectivity index (χ2v) is 3.91. The molecule has 94 valence electrons. The SMILES string of the molecule is NC(=O)C(O)CNC(=O)c1ccc2cc[nH]c2c1. The first kappa shape index (κ1) is 12.1. The van der Waals surface area contributed by atoms with Gasteiger partial charge in [0.05, 0.1) is 6.54 Å². The number of amides is 2. The van der Waals surface area contributed by atoms with Crippen LogP contribution in [-0.2, 0) is 4.79 Å². The number of rotatable bonds is 4. The summed E-state index contributed by atoms with van der Waals surface area (Å²) in [4.78, 5) is 25.3. The van der Waals surface area contributed by atoms with Gasteiger partial charge < -0.3 is 21.1 Å². The van der Waals surface area contributed by atoms with Gasteiger partial charge in [-0.15, -0.1) is 0 Å². The van der Waals surface area contributed by atoms with Crippen LogP contribution in [0.3, 0.4) is 0 Å². The minimum absolute atomic E-state index is 0.197. The van der Waals surface area contributed by atoms with Gasteiger partial charge in [-0.2, -0.15) is 0 Å². The molecule has 6 nitrogen and oxygen atoms in total. The molecular weight excluding hydrogens is 234 g/mol. The van der Waals surface area contributed by atoms with Crippen molar-refractivity contribution in [3.63, 3.8) is 0 Å². The van der Waals surface area contributed by atoms with E-state index in [2.05, 4.69) is 10.3 Å². The van der Waals surface area contributed by atoms with E-state index in [1.807, 2.05) is 12.1 Å². The molecule has 1 aromatic carbocycles. The summed E-state index contributed by atoms with van der Waals surface area (Å²) >= 11 is 0. The summed E-state index contributed by atoms with van der Waals surface area (Å²) in [6, 6.07) is 7.07. The Kier molecular flexibility index (Phi) is 3.29. The van der Waals surface area contributed by atoms with E-state index >= 15 is 0 Å². The summed E-state index contributed by atoms with van der Waals surface area (Å²) in [5.74, 6) is -1.23. The molecule has 0 aliphatic carbocycles. The minimum atomic E-state index is -1.37. The molecule has 18 heavy (non-hydrogen) atoms. The Bertz CT molecular complexity index is 591. The summed E-state index contributed by atoms with van der Waals surface area (Å²) in [7, 11) is 0. The van der Waals surface area contributed by atoms with Crippen LogP contribution in [0.4, 0.5) is 0 Å². The third-order valence-electron chi connectivity index (χ3n) is 2.60. The van der Waals surface area contributed by atoms with Crippen LogP contribution >= 0.6 is 0 Å². The summed E-state index contributed by atoms with van der Waals surface area (Å²) in [5.41, 5.74) is 6.17. The Labute approximate surface area is 103 Å². The molecule has 2 rings (SSSR count). The van der Waals surface area contributed by atoms with E-state index in [0.29, 0.717) is 5.56 Å². The molecule has 0 aliphatic rings. The van der Waals surface area contributed by atoms with Crippen LogP contribution < -0.4 is 11.1 Å². The van der Waals surface area contributed by atoms with Crippen molar-refractivity contribution in [3.8, 4) is 0 Å². The van der Waals surface area contributed by atoms with Crippen LogP contribution in [0.2, 0.25) is 0 Å². The number of benzene rings is 1. The number of primary amides is 1. The van der Waals surface area contributed by atoms with Crippen molar-refractivity contribution in [2.75, 3.05) is 6.54 Å². The van der Waals surface area contributed by atoms with Crippen LogP contribution in [0.1, 0.15) is 10.4 Å². The number of carbonyl (C=O) groups excluding carboxylic acids is 2. The van der Waals surface area contributed by atoms with Crippen LogP contribution in [0.15, 0.2) is 30.5 Å². The number of fused-ring (bicyclic) bond motifs is 1. The molecule has 1 unspecified atom stereocenters. The maximum atomic E-state index is 11.7. The molecule has 0 radical (unpaired) electrons. The zero-order chi connectivity index (χ0) is 13.1. The average molecular weight is 247 g/mol. The predicted octanol–water partition coefficient (Wildman–Crippen LogP) is -0.256. The van der Waals surface area contributed by atoms with Crippen LogP contribution in [0.5, 0.6) is 0 Å². The van der Waals surface area contributed by atoms with E-state index in [4.69, 9.17) is 10.8 Å². The molecule has 1 aromatic heterocycles. The van der Waals surface area contributed by atoms with E-state index in [-0.39, 0.29) is 12.5 Å². The first-order chi connectivity index (χ1) is 8.58. The molecule has 2 aromatic rings. The molecule has 6 heteroatoms. The van der Waals surface area contributed by atoms with E-state index in [9.17, 15) is 9.59 Å². The zero-order valence-electron chi connectivity index (χ0n) is 9.51. The monoisotopic (exact) mass is 247 g/mol. The van der Waals surface area contributed by atoms with Gasteiger partial charge in [0.25, 0.3) is 5.91 Å². The number of aliphatic hydroxyl groups excluding tert-OH is 1. The number of hydrogen-bond donors (Lipinski definition) is 4. The van der Waals surface area contributed by atoms with Crippen LogP contribution in [-0.4, -0.2) is 34.6 Å². The van der Waals surface area contributed by atoms with E-state index < -0.39 is 12.0 Å². The van der Waals surface area contributed by atoms with Crippen molar-refractivity contribution in [1.82, 2.24) is 10.3 Å². The van der Waals surface area contributed by atoms with Crippen molar-refractivity contribution in [1.29, 1.82) is 0 Å². The summed E-state index contributed by atoms with van der Waals surface area (Å²) in [5, 5.41) is 12.6. The lowest BCUT2D eigenvalue weighted by Gasteiger charge is -2.08. The lowest BCUT2D eigenvalue weighted by atomic mass is 10.1. The van der Waals surface area contributed by atoms with E-state index in [1.165, 1.54) is 0 Å². The lowest BCUT2D eigenvalue weighted by Crippen LogP contribution is -2.39. The number of nitrogens with one attached hydrogen (secondary N) is 2. The fourth-order valence-corrected chi connectivity index (χ4v) is 1.58. The molecule has 2 amide bonds. The maximum Gasteiger partial charge on any atom is 0.251 e. The quantitative estimate of drug-likeness (QED) is 0.598. The van der Waals surface area contributed by atoms with E-state index in [0.717, 1.165) is 10.9 Å². The average Bonchev–Trinajstić information content (AvgIpc) is 2.82. The number of aliphatic hydroxyl groups is 1. The Morgan fingerprint density at radius 1 is 1.39 bits per heavy atom. The van der Waals surface area contributed by atoms with Crippen molar-refractivity contribution in [2.24, 2.45) is 5.73 Å². The second-order valence-electron chi connectivity index (χ2n) is 3.91. The van der Waals surface area contributed by atoms with Gasteiger partial charge in [-0.25, -0.2) is 0 Å². The number of nitrogens with two attached hydrogens (primary N) is 1. The number of aromatic nitrogens is 1. The molecule has 0 saturated carbocycles. The van der Waals surface area contributed by atoms with Crippen LogP contribution in [0.25, 0.3) is 10.9 Å². The Balaban J connectivity index is 2.06. The van der Waals surface area contributed by atoms with Crippen LogP contribution in [0, 0.1) is 0 Å². The van der Waals surface area contributed by atoms with Gasteiger partial charge in [0, 0.05) is 17.3 Å². The van der Waals surface area contributed by atoms with Gasteiger partial charge in [-0.1, -0.05) is 6.07 Å². The molecular formula is C12H13N3O3. The van der Waals surface area contributed by atoms with Gasteiger partial charge in [0.2, 0.25) is 5.91 Å². The fourth-order valence-electron chi connectivity index (χ4n) is 1.58. The molecule has 0 aliphatic heterocycles. The zero-order valence-corrected chi connectivity index (χ0v) is 9.51. The third-order valence-corrected chi connectivity index (χ3v) is 2.60. The van der Waals surface area contributed by atoms with Gasteiger partial charge in [0.15, 0.2) is 0 Å². The highest BCUT2D eigenvalue weighted by Crippen LogP contribution is 2.13. The number of hydrogen-bond acceptors (Lipinski definition) is 3. The number of aromatic amines is 1. The second kappa shape index (κ2) is 4.89. The molecule has 0 spiro atoms. The summed E-state index contributed by atoms with van der Waals surface area (Å²) in [6.45, 7) is -0.197.